The second-order valence-electron chi connectivity index (χ2n) is 5.53. The second-order valence-corrected chi connectivity index (χ2v) is 5.53. The highest BCUT2D eigenvalue weighted by molar-refractivity contribution is 5.78. The van der Waals surface area contributed by atoms with Crippen molar-refractivity contribution in [3.05, 3.63) is 23.8 Å². The summed E-state index contributed by atoms with van der Waals surface area (Å²) in [4.78, 5) is 13.9. The molecule has 0 aliphatic heterocycles. The van der Waals surface area contributed by atoms with Crippen molar-refractivity contribution in [2.45, 2.75) is 32.7 Å². The van der Waals surface area contributed by atoms with Gasteiger partial charge in [0.1, 0.15) is 0 Å². The second kappa shape index (κ2) is 6.16. The zero-order chi connectivity index (χ0) is 14.7. The van der Waals surface area contributed by atoms with Crippen LogP contribution in [-0.2, 0) is 4.79 Å². The summed E-state index contributed by atoms with van der Waals surface area (Å²) in [5, 5.41) is 0. The number of hydrogen-bond acceptors (Lipinski definition) is 3. The molecule has 1 atom stereocenters. The molecule has 0 radical (unpaired) electrons. The van der Waals surface area contributed by atoms with Crippen LogP contribution in [0.1, 0.15) is 25.3 Å². The number of amides is 1. The van der Waals surface area contributed by atoms with Gasteiger partial charge in [-0.2, -0.15) is 0 Å². The molecule has 1 aliphatic carbocycles. The van der Waals surface area contributed by atoms with Gasteiger partial charge < -0.3 is 14.4 Å². The number of nitrogens with zero attached hydrogens (tertiary/aromatic N) is 1. The van der Waals surface area contributed by atoms with Crippen LogP contribution in [0.2, 0.25) is 0 Å². The van der Waals surface area contributed by atoms with Gasteiger partial charge in [-0.05, 0) is 50.3 Å². The average Bonchev–Trinajstić information content (AvgIpc) is 3.28. The Morgan fingerprint density at radius 3 is 2.70 bits per heavy atom. The molecule has 0 spiro atoms. The maximum Gasteiger partial charge on any atom is 0.260 e. The quantitative estimate of drug-likeness (QED) is 0.802. The summed E-state index contributed by atoms with van der Waals surface area (Å²) in [6, 6.07) is 5.98. The molecule has 0 unspecified atom stereocenters. The summed E-state index contributed by atoms with van der Waals surface area (Å²) in [6.45, 7) is 4.14. The Balaban J connectivity index is 1.92. The third-order valence-corrected chi connectivity index (χ3v) is 3.98. The van der Waals surface area contributed by atoms with Crippen molar-refractivity contribution in [1.29, 1.82) is 0 Å². The molecule has 1 aliphatic rings. The van der Waals surface area contributed by atoms with Crippen LogP contribution in [-0.4, -0.2) is 37.6 Å². The molecule has 0 saturated heterocycles. The van der Waals surface area contributed by atoms with Crippen LogP contribution in [0.25, 0.3) is 0 Å². The number of carbonyl (C=O) groups excluding carboxylic acids is 1. The monoisotopic (exact) mass is 277 g/mol. The van der Waals surface area contributed by atoms with Gasteiger partial charge in [-0.15, -0.1) is 0 Å². The summed E-state index contributed by atoms with van der Waals surface area (Å²) in [5.74, 6) is 1.94. The maximum atomic E-state index is 12.1. The van der Waals surface area contributed by atoms with Crippen molar-refractivity contribution in [3.63, 3.8) is 0 Å². The molecule has 4 heteroatoms. The first-order chi connectivity index (χ1) is 9.52. The molecule has 0 heterocycles. The van der Waals surface area contributed by atoms with Gasteiger partial charge in [0.05, 0.1) is 7.11 Å². The zero-order valence-corrected chi connectivity index (χ0v) is 12.7. The van der Waals surface area contributed by atoms with Crippen molar-refractivity contribution in [2.75, 3.05) is 20.8 Å². The van der Waals surface area contributed by atoms with Crippen molar-refractivity contribution >= 4 is 5.91 Å². The third kappa shape index (κ3) is 3.44. The summed E-state index contributed by atoms with van der Waals surface area (Å²) >= 11 is 0. The van der Waals surface area contributed by atoms with E-state index in [9.17, 15) is 4.79 Å². The number of hydrogen-bond donors (Lipinski definition) is 0. The normalized spacial score (nSPS) is 15.6. The van der Waals surface area contributed by atoms with Crippen LogP contribution in [0.15, 0.2) is 18.2 Å². The van der Waals surface area contributed by atoms with Gasteiger partial charge in [0.25, 0.3) is 5.91 Å². The SMILES string of the molecule is COc1cc(C)ccc1OCC(=O)N(C)[C@@H](C)C1CC1. The van der Waals surface area contributed by atoms with Crippen LogP contribution in [0.5, 0.6) is 11.5 Å². The predicted molar refractivity (Wildman–Crippen MR) is 78.2 cm³/mol. The summed E-state index contributed by atoms with van der Waals surface area (Å²) < 4.78 is 10.9. The highest BCUT2D eigenvalue weighted by atomic mass is 16.5. The Bertz CT molecular complexity index is 483. The van der Waals surface area contributed by atoms with Gasteiger partial charge in [0.15, 0.2) is 18.1 Å². The van der Waals surface area contributed by atoms with E-state index in [1.54, 1.807) is 12.0 Å². The van der Waals surface area contributed by atoms with E-state index in [1.165, 1.54) is 12.8 Å². The summed E-state index contributed by atoms with van der Waals surface area (Å²) in [7, 11) is 3.45. The van der Waals surface area contributed by atoms with Gasteiger partial charge in [0.2, 0.25) is 0 Å². The Labute approximate surface area is 120 Å². The first kappa shape index (κ1) is 14.7. The largest absolute Gasteiger partial charge is 0.493 e. The van der Waals surface area contributed by atoms with E-state index in [1.807, 2.05) is 32.2 Å². The minimum atomic E-state index is 0.00651. The van der Waals surface area contributed by atoms with Crippen molar-refractivity contribution in [2.24, 2.45) is 5.92 Å². The maximum absolute atomic E-state index is 12.1. The third-order valence-electron chi connectivity index (χ3n) is 3.98. The molecular weight excluding hydrogens is 254 g/mol. The van der Waals surface area contributed by atoms with Crippen molar-refractivity contribution in [1.82, 2.24) is 4.90 Å². The number of likely N-dealkylation sites (N-methyl/N-ethyl adjacent to an activating group) is 1. The molecule has 20 heavy (non-hydrogen) atoms. The summed E-state index contributed by atoms with van der Waals surface area (Å²) in [6.07, 6.45) is 2.46. The van der Waals surface area contributed by atoms with Gasteiger partial charge in [-0.1, -0.05) is 6.07 Å². The Kier molecular flexibility index (Phi) is 4.53. The van der Waals surface area contributed by atoms with Crippen molar-refractivity contribution in [3.8, 4) is 11.5 Å². The molecule has 1 fully saturated rings. The Hall–Kier alpha value is -1.71. The van der Waals surface area contributed by atoms with E-state index in [-0.39, 0.29) is 12.5 Å². The fourth-order valence-electron chi connectivity index (χ4n) is 2.26. The summed E-state index contributed by atoms with van der Waals surface area (Å²) in [5.41, 5.74) is 1.10. The average molecular weight is 277 g/mol. The lowest BCUT2D eigenvalue weighted by atomic mass is 10.2. The smallest absolute Gasteiger partial charge is 0.260 e. The van der Waals surface area contributed by atoms with Crippen molar-refractivity contribution < 1.29 is 14.3 Å². The van der Waals surface area contributed by atoms with E-state index < -0.39 is 0 Å². The van der Waals surface area contributed by atoms with E-state index in [0.29, 0.717) is 23.5 Å². The van der Waals surface area contributed by atoms with Crippen LogP contribution in [0.3, 0.4) is 0 Å². The van der Waals surface area contributed by atoms with Gasteiger partial charge >= 0.3 is 0 Å². The van der Waals surface area contributed by atoms with E-state index in [2.05, 4.69) is 6.92 Å². The highest BCUT2D eigenvalue weighted by Crippen LogP contribution is 2.34. The molecule has 0 bridgehead atoms. The molecule has 0 N–H and O–H groups in total. The Morgan fingerprint density at radius 2 is 2.10 bits per heavy atom. The fourth-order valence-corrected chi connectivity index (χ4v) is 2.26. The van der Waals surface area contributed by atoms with E-state index in [4.69, 9.17) is 9.47 Å². The predicted octanol–water partition coefficient (Wildman–Crippen LogP) is 2.64. The lowest BCUT2D eigenvalue weighted by Gasteiger charge is -2.25. The molecule has 4 nitrogen and oxygen atoms in total. The van der Waals surface area contributed by atoms with Crippen LogP contribution >= 0.6 is 0 Å². The lowest BCUT2D eigenvalue weighted by molar-refractivity contribution is -0.134. The van der Waals surface area contributed by atoms with Crippen LogP contribution in [0, 0.1) is 12.8 Å². The zero-order valence-electron chi connectivity index (χ0n) is 12.7. The van der Waals surface area contributed by atoms with E-state index in [0.717, 1.165) is 5.56 Å². The number of benzene rings is 1. The van der Waals surface area contributed by atoms with Crippen LogP contribution < -0.4 is 9.47 Å². The molecular formula is C16H23NO3. The highest BCUT2D eigenvalue weighted by Gasteiger charge is 2.32. The lowest BCUT2D eigenvalue weighted by Crippen LogP contribution is -2.39. The first-order valence-electron chi connectivity index (χ1n) is 7.06. The topological polar surface area (TPSA) is 38.8 Å². The number of aryl methyl sites for hydroxylation is 1. The van der Waals surface area contributed by atoms with E-state index >= 15 is 0 Å². The number of carbonyl (C=O) groups is 1. The minimum Gasteiger partial charge on any atom is -0.493 e. The molecule has 1 amide bonds. The van der Waals surface area contributed by atoms with Crippen LogP contribution in [0.4, 0.5) is 0 Å². The fraction of sp³-hybridized carbons (Fsp3) is 0.562. The molecule has 1 saturated carbocycles. The number of rotatable bonds is 6. The Morgan fingerprint density at radius 1 is 1.40 bits per heavy atom. The molecule has 110 valence electrons. The molecule has 1 aromatic carbocycles. The molecule has 0 aromatic heterocycles. The van der Waals surface area contributed by atoms with Gasteiger partial charge in [-0.25, -0.2) is 0 Å². The molecule has 1 aromatic rings. The minimum absolute atomic E-state index is 0.00651. The van der Waals surface area contributed by atoms with Gasteiger partial charge in [-0.3, -0.25) is 4.79 Å². The van der Waals surface area contributed by atoms with Gasteiger partial charge in [0, 0.05) is 13.1 Å². The standard InChI is InChI=1S/C16H23NO3/c1-11-5-8-14(15(9-11)19-4)20-10-16(18)17(3)12(2)13-6-7-13/h5,8-9,12-13H,6-7,10H2,1-4H3/t12-/m0/s1. The molecule has 2 rings (SSSR count). The number of ether oxygens (including phenoxy) is 2. The first-order valence-corrected chi connectivity index (χ1v) is 7.06. The number of methoxy groups -OCH3 is 1.